The van der Waals surface area contributed by atoms with Crippen LogP contribution in [0.3, 0.4) is 0 Å². The number of allylic oxidation sites excluding steroid dienone is 1. The third-order valence-corrected chi connectivity index (χ3v) is 2.52. The highest BCUT2D eigenvalue weighted by molar-refractivity contribution is 5.34. The fourth-order valence-corrected chi connectivity index (χ4v) is 1.57. The molecule has 0 unspecified atom stereocenters. The van der Waals surface area contributed by atoms with Crippen molar-refractivity contribution in [3.63, 3.8) is 0 Å². The first-order valence-electron chi connectivity index (χ1n) is 5.66. The maximum absolute atomic E-state index is 11.9. The van der Waals surface area contributed by atoms with Gasteiger partial charge in [0.25, 0.3) is 0 Å². The van der Waals surface area contributed by atoms with Gasteiger partial charge in [0, 0.05) is 6.54 Å². The van der Waals surface area contributed by atoms with Crippen molar-refractivity contribution in [2.24, 2.45) is 0 Å². The average Bonchev–Trinajstić information content (AvgIpc) is 2.40. The minimum absolute atomic E-state index is 0.178. The van der Waals surface area contributed by atoms with Gasteiger partial charge in [-0.15, -0.1) is 0 Å². The van der Waals surface area contributed by atoms with E-state index in [4.69, 9.17) is 0 Å². The molecule has 2 rings (SSSR count). The lowest BCUT2D eigenvalue weighted by Crippen LogP contribution is -2.23. The molecule has 0 radical (unpaired) electrons. The van der Waals surface area contributed by atoms with Crippen molar-refractivity contribution in [2.45, 2.75) is 6.42 Å². The Morgan fingerprint density at radius 2 is 1.71 bits per heavy atom. The van der Waals surface area contributed by atoms with Crippen LogP contribution in [-0.4, -0.2) is 13.1 Å². The number of halogens is 1. The molecule has 90 valence electrons. The summed E-state index contributed by atoms with van der Waals surface area (Å²) in [4.78, 5) is 0. The van der Waals surface area contributed by atoms with E-state index in [-0.39, 0.29) is 5.82 Å². The monoisotopic (exact) mass is 231 g/mol. The Bertz CT molecular complexity index is 373. The Balaban J connectivity index is 0.000000181. The summed E-state index contributed by atoms with van der Waals surface area (Å²) in [5.74, 6) is -0.178. The third kappa shape index (κ3) is 4.79. The molecule has 0 bridgehead atoms. The Hall–Kier alpha value is -1.67. The Morgan fingerprint density at radius 3 is 2.12 bits per heavy atom. The molecule has 0 saturated heterocycles. The van der Waals surface area contributed by atoms with Crippen molar-refractivity contribution in [1.29, 1.82) is 0 Å². The lowest BCUT2D eigenvalue weighted by atomic mass is 10.0. The van der Waals surface area contributed by atoms with Crippen LogP contribution in [-0.2, 0) is 0 Å². The summed E-state index contributed by atoms with van der Waals surface area (Å²) in [6, 6.07) is 7.94. The molecule has 1 aliphatic rings. The van der Waals surface area contributed by atoms with Crippen LogP contribution in [0.1, 0.15) is 6.42 Å². The maximum Gasteiger partial charge on any atom is 0.123 e. The van der Waals surface area contributed by atoms with E-state index >= 15 is 0 Å². The number of nitrogens with one attached hydrogen (secondary N) is 1. The molecule has 1 N–H and O–H groups in total. The van der Waals surface area contributed by atoms with Crippen LogP contribution < -0.4 is 5.32 Å². The summed E-state index contributed by atoms with van der Waals surface area (Å²) in [5, 5.41) is 3.27. The van der Waals surface area contributed by atoms with Gasteiger partial charge in [-0.25, -0.2) is 4.39 Å². The topological polar surface area (TPSA) is 12.0 Å². The van der Waals surface area contributed by atoms with Gasteiger partial charge >= 0.3 is 0 Å². The van der Waals surface area contributed by atoms with Gasteiger partial charge in [0.1, 0.15) is 5.82 Å². The molecule has 1 aromatic carbocycles. The molecule has 0 fully saturated rings. The molecule has 2 heteroatoms. The highest BCUT2D eigenvalue weighted by Gasteiger charge is 2.05. The van der Waals surface area contributed by atoms with Crippen molar-refractivity contribution < 1.29 is 4.39 Å². The summed E-state index contributed by atoms with van der Waals surface area (Å²) in [5.41, 5.74) is 2.63. The molecular formula is C15H18FN. The molecule has 1 aromatic rings. The van der Waals surface area contributed by atoms with Crippen molar-refractivity contribution in [3.8, 4) is 0 Å². The summed E-state index contributed by atoms with van der Waals surface area (Å²) in [6.07, 6.45) is 4.92. The van der Waals surface area contributed by atoms with Crippen LogP contribution in [0.25, 0.3) is 0 Å². The van der Waals surface area contributed by atoms with E-state index in [0.717, 1.165) is 19.5 Å². The minimum atomic E-state index is -0.178. The molecule has 0 atom stereocenters. The summed E-state index contributed by atoms with van der Waals surface area (Å²) >= 11 is 0. The lowest BCUT2D eigenvalue weighted by Gasteiger charge is -2.15. The van der Waals surface area contributed by atoms with Crippen molar-refractivity contribution in [2.75, 3.05) is 13.1 Å². The zero-order chi connectivity index (χ0) is 12.5. The van der Waals surface area contributed by atoms with Crippen LogP contribution in [0.4, 0.5) is 4.39 Å². The van der Waals surface area contributed by atoms with Crippen molar-refractivity contribution >= 4 is 0 Å². The van der Waals surface area contributed by atoms with Gasteiger partial charge in [-0.3, -0.25) is 0 Å². The van der Waals surface area contributed by atoms with Gasteiger partial charge in [0.15, 0.2) is 0 Å². The largest absolute Gasteiger partial charge is 0.312 e. The summed E-state index contributed by atoms with van der Waals surface area (Å²) in [7, 11) is 0. The van der Waals surface area contributed by atoms with Crippen LogP contribution >= 0.6 is 0 Å². The summed E-state index contributed by atoms with van der Waals surface area (Å²) in [6.45, 7) is 9.50. The number of hydrogen-bond donors (Lipinski definition) is 1. The molecule has 0 spiro atoms. The normalized spacial score (nSPS) is 14.6. The molecule has 1 aliphatic heterocycles. The van der Waals surface area contributed by atoms with Gasteiger partial charge in [-0.05, 0) is 36.2 Å². The molecule has 0 aliphatic carbocycles. The number of rotatable bonds is 2. The SMILES string of the molecule is C=CC1=C(C=C)CNCC1.Fc1ccccc1. The van der Waals surface area contributed by atoms with Gasteiger partial charge in [-0.1, -0.05) is 43.5 Å². The van der Waals surface area contributed by atoms with Crippen molar-refractivity contribution in [3.05, 3.63) is 72.6 Å². The van der Waals surface area contributed by atoms with E-state index < -0.39 is 0 Å². The van der Waals surface area contributed by atoms with Crippen molar-refractivity contribution in [1.82, 2.24) is 5.32 Å². The highest BCUT2D eigenvalue weighted by atomic mass is 19.1. The first-order chi connectivity index (χ1) is 8.27. The first kappa shape index (κ1) is 13.4. The fourth-order valence-electron chi connectivity index (χ4n) is 1.57. The molecule has 17 heavy (non-hydrogen) atoms. The Morgan fingerprint density at radius 1 is 1.06 bits per heavy atom. The predicted octanol–water partition coefficient (Wildman–Crippen LogP) is 3.47. The van der Waals surface area contributed by atoms with E-state index in [2.05, 4.69) is 18.5 Å². The zero-order valence-electron chi connectivity index (χ0n) is 9.95. The number of hydrogen-bond acceptors (Lipinski definition) is 1. The summed E-state index contributed by atoms with van der Waals surface area (Å²) < 4.78 is 11.9. The first-order valence-corrected chi connectivity index (χ1v) is 5.66. The highest BCUT2D eigenvalue weighted by Crippen LogP contribution is 2.13. The predicted molar refractivity (Wildman–Crippen MR) is 71.3 cm³/mol. The Kier molecular flexibility index (Phi) is 5.97. The second-order valence-corrected chi connectivity index (χ2v) is 3.68. The fraction of sp³-hybridized carbons (Fsp3) is 0.200. The van der Waals surface area contributed by atoms with Crippen LogP contribution in [0.5, 0.6) is 0 Å². The van der Waals surface area contributed by atoms with E-state index in [1.165, 1.54) is 23.3 Å². The molecule has 1 heterocycles. The van der Waals surface area contributed by atoms with E-state index in [1.807, 2.05) is 12.2 Å². The molecule has 0 aromatic heterocycles. The van der Waals surface area contributed by atoms with Crippen LogP contribution in [0, 0.1) is 5.82 Å². The van der Waals surface area contributed by atoms with E-state index in [9.17, 15) is 4.39 Å². The van der Waals surface area contributed by atoms with E-state index in [1.54, 1.807) is 18.2 Å². The molecule has 0 amide bonds. The second-order valence-electron chi connectivity index (χ2n) is 3.68. The van der Waals surface area contributed by atoms with Crippen LogP contribution in [0.2, 0.25) is 0 Å². The average molecular weight is 231 g/mol. The quantitative estimate of drug-likeness (QED) is 0.821. The maximum atomic E-state index is 11.9. The molecule has 0 saturated carbocycles. The molecule has 1 nitrogen and oxygen atoms in total. The smallest absolute Gasteiger partial charge is 0.123 e. The Labute approximate surface area is 102 Å². The van der Waals surface area contributed by atoms with E-state index in [0.29, 0.717) is 0 Å². The molecular weight excluding hydrogens is 213 g/mol. The van der Waals surface area contributed by atoms with Gasteiger partial charge in [-0.2, -0.15) is 0 Å². The number of benzene rings is 1. The lowest BCUT2D eigenvalue weighted by molar-refractivity contribution is 0.628. The second kappa shape index (κ2) is 7.58. The van der Waals surface area contributed by atoms with Gasteiger partial charge in [0.2, 0.25) is 0 Å². The third-order valence-electron chi connectivity index (χ3n) is 2.52. The zero-order valence-corrected chi connectivity index (χ0v) is 9.95. The standard InChI is InChI=1S/C9H13N.C6H5F/c1-3-8-5-6-10-7-9(8)4-2;7-6-4-2-1-3-5-6/h3-4,10H,1-2,5-7H2;1-5H. The minimum Gasteiger partial charge on any atom is -0.312 e. The van der Waals surface area contributed by atoms with Gasteiger partial charge < -0.3 is 5.32 Å². The van der Waals surface area contributed by atoms with Crippen LogP contribution in [0.15, 0.2) is 66.8 Å². The van der Waals surface area contributed by atoms with Gasteiger partial charge in [0.05, 0.1) is 0 Å².